The number of hydrogen-bond acceptors (Lipinski definition) is 3. The van der Waals surface area contributed by atoms with Crippen molar-refractivity contribution in [2.75, 3.05) is 5.32 Å². The molecule has 1 amide bonds. The summed E-state index contributed by atoms with van der Waals surface area (Å²) >= 11 is 0. The van der Waals surface area contributed by atoms with Gasteiger partial charge in [-0.1, -0.05) is 61.5 Å². The van der Waals surface area contributed by atoms with E-state index in [1.807, 2.05) is 42.5 Å². The van der Waals surface area contributed by atoms with Crippen molar-refractivity contribution in [3.63, 3.8) is 0 Å². The van der Waals surface area contributed by atoms with Crippen LogP contribution in [0.2, 0.25) is 0 Å². The molecule has 25 heavy (non-hydrogen) atoms. The number of hydrogen-bond donors (Lipinski definition) is 1. The van der Waals surface area contributed by atoms with Crippen LogP contribution in [0.1, 0.15) is 47.9 Å². The van der Waals surface area contributed by atoms with Crippen molar-refractivity contribution >= 4 is 11.6 Å². The summed E-state index contributed by atoms with van der Waals surface area (Å²) in [6, 6.07) is 17.6. The van der Waals surface area contributed by atoms with Crippen molar-refractivity contribution < 1.29 is 9.32 Å². The zero-order valence-corrected chi connectivity index (χ0v) is 14.7. The van der Waals surface area contributed by atoms with E-state index in [4.69, 9.17) is 4.52 Å². The standard InChI is InChI=1S/C21H22N2O2/c1-4-14(2)16-10-12-18(13-11-16)22-21(24)19-15(3)25-23-20(19)17-8-6-5-7-9-17/h5-14H,4H2,1-3H3,(H,22,24)/t14-/m0/s1. The van der Waals surface area contributed by atoms with E-state index < -0.39 is 0 Å². The smallest absolute Gasteiger partial charge is 0.261 e. The number of aromatic nitrogens is 1. The Morgan fingerprint density at radius 1 is 1.12 bits per heavy atom. The molecular formula is C21H22N2O2. The predicted molar refractivity (Wildman–Crippen MR) is 99.8 cm³/mol. The summed E-state index contributed by atoms with van der Waals surface area (Å²) in [6.45, 7) is 6.11. The Kier molecular flexibility index (Phi) is 4.98. The van der Waals surface area contributed by atoms with Gasteiger partial charge in [0.15, 0.2) is 0 Å². The molecule has 4 heteroatoms. The number of amides is 1. The molecule has 3 rings (SSSR count). The van der Waals surface area contributed by atoms with E-state index in [0.29, 0.717) is 22.9 Å². The fraction of sp³-hybridized carbons (Fsp3) is 0.238. The van der Waals surface area contributed by atoms with Crippen LogP contribution in [0.15, 0.2) is 59.1 Å². The molecule has 0 radical (unpaired) electrons. The molecule has 0 unspecified atom stereocenters. The van der Waals surface area contributed by atoms with Crippen LogP contribution in [0.4, 0.5) is 5.69 Å². The summed E-state index contributed by atoms with van der Waals surface area (Å²) < 4.78 is 5.26. The molecule has 4 nitrogen and oxygen atoms in total. The zero-order chi connectivity index (χ0) is 17.8. The molecule has 0 aliphatic carbocycles. The van der Waals surface area contributed by atoms with Crippen molar-refractivity contribution in [1.29, 1.82) is 0 Å². The summed E-state index contributed by atoms with van der Waals surface area (Å²) in [5.74, 6) is 0.802. The van der Waals surface area contributed by atoms with Gasteiger partial charge in [0.2, 0.25) is 0 Å². The van der Waals surface area contributed by atoms with E-state index in [1.165, 1.54) is 5.56 Å². The number of carbonyl (C=O) groups is 1. The average molecular weight is 334 g/mol. The van der Waals surface area contributed by atoms with Crippen LogP contribution in [-0.4, -0.2) is 11.1 Å². The molecule has 0 saturated heterocycles. The molecule has 0 bridgehead atoms. The van der Waals surface area contributed by atoms with Gasteiger partial charge < -0.3 is 9.84 Å². The Morgan fingerprint density at radius 3 is 2.44 bits per heavy atom. The molecule has 0 fully saturated rings. The Labute approximate surface area is 147 Å². The highest BCUT2D eigenvalue weighted by Crippen LogP contribution is 2.26. The van der Waals surface area contributed by atoms with Crippen molar-refractivity contribution in [3.05, 3.63) is 71.5 Å². The third kappa shape index (κ3) is 3.63. The van der Waals surface area contributed by atoms with Crippen LogP contribution < -0.4 is 5.32 Å². The number of nitrogens with zero attached hydrogens (tertiary/aromatic N) is 1. The second-order valence-electron chi connectivity index (χ2n) is 6.21. The molecule has 1 atom stereocenters. The van der Waals surface area contributed by atoms with Crippen LogP contribution in [0.5, 0.6) is 0 Å². The van der Waals surface area contributed by atoms with E-state index in [0.717, 1.165) is 17.7 Å². The SMILES string of the molecule is CC[C@H](C)c1ccc(NC(=O)c2c(-c3ccccc3)noc2C)cc1. The number of aryl methyl sites for hydroxylation is 1. The second-order valence-corrected chi connectivity index (χ2v) is 6.21. The average Bonchev–Trinajstić information content (AvgIpc) is 3.04. The molecule has 1 aromatic heterocycles. The topological polar surface area (TPSA) is 55.1 Å². The first-order valence-corrected chi connectivity index (χ1v) is 8.53. The first kappa shape index (κ1) is 17.0. The Hall–Kier alpha value is -2.88. The van der Waals surface area contributed by atoms with Crippen molar-refractivity contribution in [1.82, 2.24) is 5.16 Å². The van der Waals surface area contributed by atoms with Gasteiger partial charge in [-0.3, -0.25) is 4.79 Å². The fourth-order valence-corrected chi connectivity index (χ4v) is 2.76. The highest BCUT2D eigenvalue weighted by atomic mass is 16.5. The van der Waals surface area contributed by atoms with E-state index in [-0.39, 0.29) is 5.91 Å². The molecule has 0 saturated carbocycles. The highest BCUT2D eigenvalue weighted by Gasteiger charge is 2.21. The van der Waals surface area contributed by atoms with Crippen molar-refractivity contribution in [2.24, 2.45) is 0 Å². The lowest BCUT2D eigenvalue weighted by Gasteiger charge is -2.10. The number of benzene rings is 2. The van der Waals surface area contributed by atoms with Gasteiger partial charge in [0.05, 0.1) is 0 Å². The molecule has 2 aromatic carbocycles. The van der Waals surface area contributed by atoms with Gasteiger partial charge in [-0.2, -0.15) is 0 Å². The summed E-state index contributed by atoms with van der Waals surface area (Å²) in [5.41, 5.74) is 3.92. The largest absolute Gasteiger partial charge is 0.360 e. The summed E-state index contributed by atoms with van der Waals surface area (Å²) in [5, 5.41) is 7.00. The van der Waals surface area contributed by atoms with Gasteiger partial charge in [0, 0.05) is 11.3 Å². The zero-order valence-electron chi connectivity index (χ0n) is 14.7. The molecule has 0 spiro atoms. The first-order valence-electron chi connectivity index (χ1n) is 8.53. The van der Waals surface area contributed by atoms with Crippen LogP contribution in [-0.2, 0) is 0 Å². The molecule has 1 N–H and O–H groups in total. The summed E-state index contributed by atoms with van der Waals surface area (Å²) in [7, 11) is 0. The van der Waals surface area contributed by atoms with Gasteiger partial charge in [0.25, 0.3) is 5.91 Å². The lowest BCUT2D eigenvalue weighted by atomic mass is 9.98. The Morgan fingerprint density at radius 2 is 1.80 bits per heavy atom. The monoisotopic (exact) mass is 334 g/mol. The van der Waals surface area contributed by atoms with Crippen LogP contribution in [0, 0.1) is 6.92 Å². The van der Waals surface area contributed by atoms with Crippen LogP contribution in [0.25, 0.3) is 11.3 Å². The Balaban J connectivity index is 1.84. The number of anilines is 1. The molecule has 3 aromatic rings. The maximum absolute atomic E-state index is 12.8. The number of carbonyl (C=O) groups excluding carboxylic acids is 1. The van der Waals surface area contributed by atoms with E-state index in [2.05, 4.69) is 36.5 Å². The van der Waals surface area contributed by atoms with Gasteiger partial charge in [-0.25, -0.2) is 0 Å². The second kappa shape index (κ2) is 7.34. The van der Waals surface area contributed by atoms with E-state index in [9.17, 15) is 4.79 Å². The quantitative estimate of drug-likeness (QED) is 0.678. The maximum atomic E-state index is 12.8. The minimum absolute atomic E-state index is 0.214. The van der Waals surface area contributed by atoms with Crippen LogP contribution >= 0.6 is 0 Å². The predicted octanol–water partition coefficient (Wildman–Crippen LogP) is 5.42. The van der Waals surface area contributed by atoms with Crippen molar-refractivity contribution in [2.45, 2.75) is 33.1 Å². The number of nitrogens with one attached hydrogen (secondary N) is 1. The lowest BCUT2D eigenvalue weighted by molar-refractivity contribution is 0.102. The van der Waals surface area contributed by atoms with Gasteiger partial charge in [-0.15, -0.1) is 0 Å². The first-order chi connectivity index (χ1) is 12.1. The molecule has 128 valence electrons. The van der Waals surface area contributed by atoms with Crippen LogP contribution in [0.3, 0.4) is 0 Å². The summed E-state index contributed by atoms with van der Waals surface area (Å²) in [6.07, 6.45) is 1.09. The molecule has 1 heterocycles. The highest BCUT2D eigenvalue weighted by molar-refractivity contribution is 6.08. The van der Waals surface area contributed by atoms with E-state index >= 15 is 0 Å². The van der Waals surface area contributed by atoms with Crippen molar-refractivity contribution in [3.8, 4) is 11.3 Å². The maximum Gasteiger partial charge on any atom is 0.261 e. The normalized spacial score (nSPS) is 12.0. The number of rotatable bonds is 5. The fourth-order valence-electron chi connectivity index (χ4n) is 2.76. The molecule has 0 aliphatic heterocycles. The summed E-state index contributed by atoms with van der Waals surface area (Å²) in [4.78, 5) is 12.8. The third-order valence-corrected chi connectivity index (χ3v) is 4.49. The Bertz CT molecular complexity index is 851. The van der Waals surface area contributed by atoms with E-state index in [1.54, 1.807) is 6.92 Å². The van der Waals surface area contributed by atoms with Gasteiger partial charge in [0.1, 0.15) is 17.0 Å². The minimum atomic E-state index is -0.214. The van der Waals surface area contributed by atoms with Gasteiger partial charge >= 0.3 is 0 Å². The lowest BCUT2D eigenvalue weighted by Crippen LogP contribution is -2.13. The molecular weight excluding hydrogens is 312 g/mol. The third-order valence-electron chi connectivity index (χ3n) is 4.49. The van der Waals surface area contributed by atoms with Gasteiger partial charge in [-0.05, 0) is 37.0 Å². The minimum Gasteiger partial charge on any atom is -0.360 e. The molecule has 0 aliphatic rings.